The van der Waals surface area contributed by atoms with E-state index >= 15 is 0 Å². The van der Waals surface area contributed by atoms with Crippen LogP contribution in [0, 0.1) is 0 Å². The molecule has 0 radical (unpaired) electrons. The van der Waals surface area contributed by atoms with Crippen molar-refractivity contribution in [3.63, 3.8) is 0 Å². The molecule has 2 rings (SSSR count). The summed E-state index contributed by atoms with van der Waals surface area (Å²) in [7, 11) is 0. The van der Waals surface area contributed by atoms with Crippen molar-refractivity contribution in [1.29, 1.82) is 0 Å². The first-order valence-corrected chi connectivity index (χ1v) is 7.62. The molecule has 16 heavy (non-hydrogen) atoms. The lowest BCUT2D eigenvalue weighted by molar-refractivity contribution is 0.347. The summed E-state index contributed by atoms with van der Waals surface area (Å²) in [4.78, 5) is 0. The highest BCUT2D eigenvalue weighted by atomic mass is 16.6. The lowest BCUT2D eigenvalue weighted by atomic mass is 10.1. The molecule has 0 spiro atoms. The maximum absolute atomic E-state index is 5.72. The quantitative estimate of drug-likeness (QED) is 0.536. The average molecular weight is 224 g/mol. The molecule has 0 aromatic rings. The number of rotatable bonds is 0. The van der Waals surface area contributed by atoms with Gasteiger partial charge in [-0.3, -0.25) is 0 Å². The summed E-state index contributed by atoms with van der Waals surface area (Å²) in [5.41, 5.74) is 0. The van der Waals surface area contributed by atoms with Crippen molar-refractivity contribution in [2.24, 2.45) is 0 Å². The third-order valence-electron chi connectivity index (χ3n) is 4.16. The first kappa shape index (κ1) is 12.4. The monoisotopic (exact) mass is 224 g/mol. The minimum atomic E-state index is 0.658. The Hall–Kier alpha value is -0.0400. The summed E-state index contributed by atoms with van der Waals surface area (Å²) < 4.78 is 5.72. The van der Waals surface area contributed by atoms with Gasteiger partial charge in [0.25, 0.3) is 0 Å². The Balaban J connectivity index is 1.60. The van der Waals surface area contributed by atoms with Crippen molar-refractivity contribution in [3.8, 4) is 0 Å². The second kappa shape index (κ2) is 7.32. The Morgan fingerprint density at radius 3 is 1.12 bits per heavy atom. The zero-order valence-corrected chi connectivity index (χ0v) is 10.8. The molecule has 94 valence electrons. The summed E-state index contributed by atoms with van der Waals surface area (Å²) in [6.45, 7) is 0. The highest BCUT2D eigenvalue weighted by molar-refractivity contribution is 4.84. The van der Waals surface area contributed by atoms with Gasteiger partial charge in [-0.25, -0.2) is 0 Å². The van der Waals surface area contributed by atoms with Gasteiger partial charge in [0.1, 0.15) is 0 Å². The van der Waals surface area contributed by atoms with Crippen LogP contribution in [0.5, 0.6) is 0 Å². The molecule has 0 N–H and O–H groups in total. The Bertz CT molecular complexity index is 160. The minimum absolute atomic E-state index is 0.658. The van der Waals surface area contributed by atoms with Gasteiger partial charge in [-0.2, -0.15) is 0 Å². The largest absolute Gasteiger partial charge is 0.370 e. The van der Waals surface area contributed by atoms with Crippen molar-refractivity contribution in [2.45, 2.75) is 95.7 Å². The smallest absolute Gasteiger partial charge is 0.0841 e. The summed E-state index contributed by atoms with van der Waals surface area (Å²) in [6, 6.07) is 0. The molecule has 1 saturated heterocycles. The molecule has 1 heterocycles. The molecule has 2 aliphatic rings. The molecule has 1 aliphatic carbocycles. The van der Waals surface area contributed by atoms with Gasteiger partial charge in [-0.15, -0.1) is 0 Å². The number of epoxide rings is 1. The van der Waals surface area contributed by atoms with Crippen LogP contribution in [0.25, 0.3) is 0 Å². The van der Waals surface area contributed by atoms with Crippen LogP contribution in [0.15, 0.2) is 0 Å². The Labute approximate surface area is 101 Å². The minimum Gasteiger partial charge on any atom is -0.370 e. The molecule has 1 heteroatoms. The highest BCUT2D eigenvalue weighted by Gasteiger charge is 2.36. The van der Waals surface area contributed by atoms with Crippen molar-refractivity contribution in [3.05, 3.63) is 0 Å². The van der Waals surface area contributed by atoms with Gasteiger partial charge in [-0.05, 0) is 12.8 Å². The van der Waals surface area contributed by atoms with Crippen LogP contribution >= 0.6 is 0 Å². The number of fused-ring (bicyclic) bond motifs is 1. The van der Waals surface area contributed by atoms with E-state index in [1.165, 1.54) is 83.5 Å². The predicted octanol–water partition coefficient (Wildman–Crippen LogP) is 4.84. The molecular weight excluding hydrogens is 196 g/mol. The lowest BCUT2D eigenvalue weighted by Gasteiger charge is -2.01. The van der Waals surface area contributed by atoms with Gasteiger partial charge in [-0.1, -0.05) is 70.6 Å². The van der Waals surface area contributed by atoms with Gasteiger partial charge in [0.15, 0.2) is 0 Å². The molecule has 2 fully saturated rings. The van der Waals surface area contributed by atoms with Gasteiger partial charge in [0, 0.05) is 0 Å². The lowest BCUT2D eigenvalue weighted by Crippen LogP contribution is -1.94. The Morgan fingerprint density at radius 1 is 0.438 bits per heavy atom. The van der Waals surface area contributed by atoms with E-state index in [-0.39, 0.29) is 0 Å². The Kier molecular flexibility index (Phi) is 5.68. The van der Waals surface area contributed by atoms with E-state index in [1.54, 1.807) is 0 Å². The third kappa shape index (κ3) is 4.86. The van der Waals surface area contributed by atoms with Crippen LogP contribution < -0.4 is 0 Å². The molecule has 0 aromatic carbocycles. The van der Waals surface area contributed by atoms with Crippen LogP contribution in [-0.2, 0) is 4.74 Å². The summed E-state index contributed by atoms with van der Waals surface area (Å²) in [5.74, 6) is 0. The first-order chi connectivity index (χ1) is 7.97. The molecule has 1 saturated carbocycles. The highest BCUT2D eigenvalue weighted by Crippen LogP contribution is 2.32. The molecule has 1 nitrogen and oxygen atoms in total. The van der Waals surface area contributed by atoms with E-state index in [1.807, 2.05) is 0 Å². The average Bonchev–Trinajstić information content (AvgIpc) is 3.02. The molecule has 0 bridgehead atoms. The van der Waals surface area contributed by atoms with Crippen molar-refractivity contribution >= 4 is 0 Å². The molecule has 0 aromatic heterocycles. The normalized spacial score (nSPS) is 34.5. The van der Waals surface area contributed by atoms with Crippen LogP contribution in [0.1, 0.15) is 83.5 Å². The zero-order valence-electron chi connectivity index (χ0n) is 10.8. The maximum atomic E-state index is 5.72. The van der Waals surface area contributed by atoms with Crippen LogP contribution in [0.2, 0.25) is 0 Å². The molecule has 1 aliphatic heterocycles. The topological polar surface area (TPSA) is 12.5 Å². The fraction of sp³-hybridized carbons (Fsp3) is 1.00. The first-order valence-electron chi connectivity index (χ1n) is 7.62. The zero-order chi connectivity index (χ0) is 11.1. The number of hydrogen-bond acceptors (Lipinski definition) is 1. The maximum Gasteiger partial charge on any atom is 0.0841 e. The summed E-state index contributed by atoms with van der Waals surface area (Å²) in [6.07, 6.45) is 19.9. The summed E-state index contributed by atoms with van der Waals surface area (Å²) >= 11 is 0. The predicted molar refractivity (Wildman–Crippen MR) is 68.7 cm³/mol. The van der Waals surface area contributed by atoms with E-state index in [4.69, 9.17) is 4.74 Å². The van der Waals surface area contributed by atoms with Gasteiger partial charge in [0.2, 0.25) is 0 Å². The van der Waals surface area contributed by atoms with Crippen LogP contribution in [0.4, 0.5) is 0 Å². The van der Waals surface area contributed by atoms with E-state index in [0.29, 0.717) is 12.2 Å². The molecule has 0 unspecified atom stereocenters. The van der Waals surface area contributed by atoms with E-state index in [2.05, 4.69) is 0 Å². The van der Waals surface area contributed by atoms with Crippen LogP contribution in [0.3, 0.4) is 0 Å². The SMILES string of the molecule is C1CCCCCC[C@H]2O[C@@H]2CCCCCC1. The van der Waals surface area contributed by atoms with Crippen molar-refractivity contribution in [1.82, 2.24) is 0 Å². The molecule has 2 atom stereocenters. The fourth-order valence-electron chi connectivity index (χ4n) is 2.97. The number of ether oxygens (including phenoxy) is 1. The van der Waals surface area contributed by atoms with E-state index in [9.17, 15) is 0 Å². The van der Waals surface area contributed by atoms with Crippen molar-refractivity contribution in [2.75, 3.05) is 0 Å². The van der Waals surface area contributed by atoms with Crippen LogP contribution in [-0.4, -0.2) is 12.2 Å². The van der Waals surface area contributed by atoms with Gasteiger partial charge in [0.05, 0.1) is 12.2 Å². The van der Waals surface area contributed by atoms with Gasteiger partial charge < -0.3 is 4.74 Å². The number of hydrogen-bond donors (Lipinski definition) is 0. The van der Waals surface area contributed by atoms with Crippen molar-refractivity contribution < 1.29 is 4.74 Å². The standard InChI is InChI=1S/C15H28O/c1-2-4-6-8-10-12-14-15(16-14)13-11-9-7-5-3-1/h14-15H,1-13H2/t14-,15-/m1/s1. The van der Waals surface area contributed by atoms with E-state index in [0.717, 1.165) is 0 Å². The second-order valence-corrected chi connectivity index (χ2v) is 5.68. The van der Waals surface area contributed by atoms with E-state index < -0.39 is 0 Å². The second-order valence-electron chi connectivity index (χ2n) is 5.68. The van der Waals surface area contributed by atoms with Gasteiger partial charge >= 0.3 is 0 Å². The Morgan fingerprint density at radius 2 is 0.750 bits per heavy atom. The molecular formula is C15H28O. The third-order valence-corrected chi connectivity index (χ3v) is 4.16. The molecule has 0 amide bonds. The summed E-state index contributed by atoms with van der Waals surface area (Å²) in [5, 5.41) is 0. The fourth-order valence-corrected chi connectivity index (χ4v) is 2.97.